The van der Waals surface area contributed by atoms with E-state index >= 15 is 0 Å². The van der Waals surface area contributed by atoms with Crippen molar-refractivity contribution in [3.05, 3.63) is 39.7 Å². The molecule has 0 atom stereocenters. The largest absolute Gasteiger partial charge is 0.478 e. The van der Waals surface area contributed by atoms with E-state index in [-0.39, 0.29) is 18.0 Å². The maximum Gasteiger partial charge on any atom is 0.310 e. The maximum atomic E-state index is 10.9. The highest BCUT2D eigenvalue weighted by Gasteiger charge is 2.16. The van der Waals surface area contributed by atoms with Crippen molar-refractivity contribution in [2.75, 3.05) is 0 Å². The quantitative estimate of drug-likeness (QED) is 0.470. The second kappa shape index (κ2) is 5.74. The summed E-state index contributed by atoms with van der Waals surface area (Å²) in [4.78, 5) is 11.7. The first-order valence-electron chi connectivity index (χ1n) is 5.29. The first-order chi connectivity index (χ1) is 9.10. The highest BCUT2D eigenvalue weighted by Crippen LogP contribution is 2.29. The highest BCUT2D eigenvalue weighted by atomic mass is 79.9. The Labute approximate surface area is 116 Å². The van der Waals surface area contributed by atoms with Crippen LogP contribution in [0.3, 0.4) is 0 Å². The van der Waals surface area contributed by atoms with Gasteiger partial charge in [-0.25, -0.2) is 0 Å². The lowest BCUT2D eigenvalue weighted by Crippen LogP contribution is -2.02. The lowest BCUT2D eigenvalue weighted by molar-refractivity contribution is -0.386. The first kappa shape index (κ1) is 13.4. The van der Waals surface area contributed by atoms with Crippen LogP contribution in [0.4, 0.5) is 5.69 Å². The summed E-state index contributed by atoms with van der Waals surface area (Å²) in [7, 11) is 1.63. The molecule has 1 aromatic heterocycles. The number of tetrazole rings is 1. The fraction of sp³-hybridized carbons (Fsp3) is 0.300. The summed E-state index contributed by atoms with van der Waals surface area (Å²) in [5, 5.41) is 22.8. The van der Waals surface area contributed by atoms with Gasteiger partial charge in [0, 0.05) is 11.4 Å². The van der Waals surface area contributed by atoms with Gasteiger partial charge in [0.1, 0.15) is 0 Å². The van der Waals surface area contributed by atoms with Crippen LogP contribution >= 0.6 is 15.9 Å². The number of aryl methyl sites for hydroxylation is 1. The second-order valence-corrected chi connectivity index (χ2v) is 4.24. The number of nitrogens with zero attached hydrogens (tertiary/aromatic N) is 5. The number of nitro groups is 1. The summed E-state index contributed by atoms with van der Waals surface area (Å²) in [6.45, 7) is 0.0282. The van der Waals surface area contributed by atoms with Gasteiger partial charge in [-0.3, -0.25) is 10.1 Å². The zero-order chi connectivity index (χ0) is 13.8. The summed E-state index contributed by atoms with van der Waals surface area (Å²) in [5.41, 5.74) is 0.793. The third kappa shape index (κ3) is 3.25. The number of hydrogen-bond acceptors (Lipinski definition) is 6. The van der Waals surface area contributed by atoms with Crippen LogP contribution in [-0.2, 0) is 19.0 Å². The van der Waals surface area contributed by atoms with Crippen molar-refractivity contribution in [3.8, 4) is 5.75 Å². The molecular formula is C10H10BrN5O3. The molecular weight excluding hydrogens is 318 g/mol. The first-order valence-corrected chi connectivity index (χ1v) is 6.41. The number of rotatable bonds is 5. The van der Waals surface area contributed by atoms with Gasteiger partial charge >= 0.3 is 5.69 Å². The summed E-state index contributed by atoms with van der Waals surface area (Å²) < 4.78 is 5.40. The van der Waals surface area contributed by atoms with E-state index in [0.717, 1.165) is 5.56 Å². The van der Waals surface area contributed by atoms with Gasteiger partial charge in [0.15, 0.2) is 12.4 Å². The fourth-order valence-corrected chi connectivity index (χ4v) is 1.78. The Bertz CT molecular complexity index is 601. The number of benzene rings is 1. The summed E-state index contributed by atoms with van der Waals surface area (Å²) in [6, 6.07) is 4.69. The molecule has 8 nitrogen and oxygen atoms in total. The Kier molecular flexibility index (Phi) is 4.05. The Balaban J connectivity index is 2.19. The maximum absolute atomic E-state index is 10.9. The van der Waals surface area contributed by atoms with Gasteiger partial charge in [0.25, 0.3) is 0 Å². The van der Waals surface area contributed by atoms with Gasteiger partial charge in [-0.15, -0.1) is 10.2 Å². The minimum Gasteiger partial charge on any atom is -0.478 e. The van der Waals surface area contributed by atoms with E-state index < -0.39 is 4.92 Å². The third-order valence-corrected chi connectivity index (χ3v) is 2.93. The molecule has 2 aromatic rings. The number of aromatic nitrogens is 4. The molecule has 19 heavy (non-hydrogen) atoms. The fourth-order valence-electron chi connectivity index (χ4n) is 1.43. The molecule has 0 radical (unpaired) electrons. The molecule has 1 heterocycles. The Hall–Kier alpha value is -2.03. The van der Waals surface area contributed by atoms with E-state index in [1.807, 2.05) is 0 Å². The van der Waals surface area contributed by atoms with Gasteiger partial charge in [-0.1, -0.05) is 22.0 Å². The highest BCUT2D eigenvalue weighted by molar-refractivity contribution is 9.08. The normalized spacial score (nSPS) is 10.4. The zero-order valence-corrected chi connectivity index (χ0v) is 11.6. The summed E-state index contributed by atoms with van der Waals surface area (Å²) in [6.07, 6.45) is 0. The Morgan fingerprint density at radius 3 is 2.89 bits per heavy atom. The predicted octanol–water partition coefficient (Wildman–Crippen LogP) is 1.59. The van der Waals surface area contributed by atoms with Crippen LogP contribution in [0, 0.1) is 10.1 Å². The minimum atomic E-state index is -0.489. The van der Waals surface area contributed by atoms with Crippen LogP contribution < -0.4 is 4.74 Å². The van der Waals surface area contributed by atoms with Crippen molar-refractivity contribution in [3.63, 3.8) is 0 Å². The molecule has 0 bridgehead atoms. The van der Waals surface area contributed by atoms with Crippen LogP contribution in [0.5, 0.6) is 5.75 Å². The molecule has 0 aliphatic heterocycles. The lowest BCUT2D eigenvalue weighted by atomic mass is 10.2. The minimum absolute atomic E-state index is 0.0282. The Morgan fingerprint density at radius 1 is 1.53 bits per heavy atom. The molecule has 0 amide bonds. The van der Waals surface area contributed by atoms with Crippen LogP contribution in [-0.4, -0.2) is 25.1 Å². The SMILES string of the molecule is Cn1nnc(COc2cc(CBr)ccc2[N+](=O)[O-])n1. The van der Waals surface area contributed by atoms with Gasteiger partial charge in [-0.2, -0.15) is 4.80 Å². The van der Waals surface area contributed by atoms with Gasteiger partial charge in [0.05, 0.1) is 12.0 Å². The van der Waals surface area contributed by atoms with Crippen LogP contribution in [0.2, 0.25) is 0 Å². The summed E-state index contributed by atoms with van der Waals surface area (Å²) >= 11 is 3.29. The third-order valence-electron chi connectivity index (χ3n) is 2.28. The average molecular weight is 328 g/mol. The monoisotopic (exact) mass is 327 g/mol. The van der Waals surface area contributed by atoms with Gasteiger partial charge in [0.2, 0.25) is 5.82 Å². The Morgan fingerprint density at radius 2 is 2.32 bits per heavy atom. The smallest absolute Gasteiger partial charge is 0.310 e. The molecule has 100 valence electrons. The van der Waals surface area contributed by atoms with Crippen molar-refractivity contribution in [2.45, 2.75) is 11.9 Å². The van der Waals surface area contributed by atoms with E-state index in [1.165, 1.54) is 10.9 Å². The van der Waals surface area contributed by atoms with E-state index in [9.17, 15) is 10.1 Å². The molecule has 0 unspecified atom stereocenters. The number of ether oxygens (including phenoxy) is 1. The molecule has 0 N–H and O–H groups in total. The van der Waals surface area contributed by atoms with Crippen molar-refractivity contribution in [2.24, 2.45) is 7.05 Å². The second-order valence-electron chi connectivity index (χ2n) is 3.68. The van der Waals surface area contributed by atoms with E-state index in [1.54, 1.807) is 19.2 Å². The molecule has 0 aliphatic carbocycles. The van der Waals surface area contributed by atoms with Gasteiger partial charge < -0.3 is 4.74 Å². The number of hydrogen-bond donors (Lipinski definition) is 0. The van der Waals surface area contributed by atoms with Crippen LogP contribution in [0.25, 0.3) is 0 Å². The lowest BCUT2D eigenvalue weighted by Gasteiger charge is -2.05. The van der Waals surface area contributed by atoms with Crippen molar-refractivity contribution >= 4 is 21.6 Å². The number of alkyl halides is 1. The number of halogens is 1. The van der Waals surface area contributed by atoms with E-state index in [2.05, 4.69) is 31.3 Å². The zero-order valence-electron chi connectivity index (χ0n) is 9.99. The van der Waals surface area contributed by atoms with Crippen LogP contribution in [0.15, 0.2) is 18.2 Å². The molecule has 1 aromatic carbocycles. The van der Waals surface area contributed by atoms with E-state index in [4.69, 9.17) is 4.74 Å². The molecule has 0 saturated heterocycles. The molecule has 2 rings (SSSR count). The standard InChI is InChI=1S/C10H10BrN5O3/c1-15-13-10(12-14-15)6-19-9-4-7(5-11)2-3-8(9)16(17)18/h2-4H,5-6H2,1H3. The molecule has 0 fully saturated rings. The van der Waals surface area contributed by atoms with Crippen molar-refractivity contribution in [1.82, 2.24) is 20.2 Å². The molecule has 0 aliphatic rings. The molecule has 0 spiro atoms. The van der Waals surface area contributed by atoms with Crippen LogP contribution in [0.1, 0.15) is 11.4 Å². The van der Waals surface area contributed by atoms with Crippen molar-refractivity contribution in [1.29, 1.82) is 0 Å². The molecule has 9 heteroatoms. The molecule has 0 saturated carbocycles. The number of nitro benzene ring substituents is 1. The van der Waals surface area contributed by atoms with Gasteiger partial charge in [-0.05, 0) is 16.8 Å². The predicted molar refractivity (Wildman–Crippen MR) is 68.9 cm³/mol. The average Bonchev–Trinajstić information content (AvgIpc) is 2.81. The topological polar surface area (TPSA) is 96.0 Å². The van der Waals surface area contributed by atoms with Crippen molar-refractivity contribution < 1.29 is 9.66 Å². The summed E-state index contributed by atoms with van der Waals surface area (Å²) in [5.74, 6) is 0.551. The van der Waals surface area contributed by atoms with E-state index in [0.29, 0.717) is 11.2 Å².